The lowest BCUT2D eigenvalue weighted by molar-refractivity contribution is -0.675. The SMILES string of the molecule is COc1ccc(-c2cc(-c3ccc(S(=O)(=O)O)cc3)[n+](CCCCC(N)C(=O)O)c(-c3ccc(S(=O)(=O)O)cc3)c2)cc1S(=O)(=O)[O-].O.O.O. The standard InChI is InChI=1S/C30H30N2O12S3.3H2O/c1-44-28-14-9-21(18-29(28)47(41,42)43)22-16-26(19-5-10-23(11-6-19)45(35,36)37)32(15-3-2-4-25(31)30(33)34)27(17-22)20-7-12-24(13-8-20)46(38,39)40;;;/h5-14,16-18,25H,2-4,15,31H2,1H3,(H3-,33,34,35,36,37,38,39,40,41,42,43);3*1H2. The zero-order chi connectivity index (χ0) is 34.7. The first kappa shape index (κ1) is 43.7. The van der Waals surface area contributed by atoms with E-state index < -0.39 is 47.3 Å². The van der Waals surface area contributed by atoms with Crippen molar-refractivity contribution < 1.29 is 74.5 Å². The van der Waals surface area contributed by atoms with Gasteiger partial charge in [0, 0.05) is 29.7 Å². The van der Waals surface area contributed by atoms with Crippen molar-refractivity contribution in [2.45, 2.75) is 46.5 Å². The van der Waals surface area contributed by atoms with E-state index in [1.807, 2.05) is 0 Å². The Kier molecular flexibility index (Phi) is 14.9. The summed E-state index contributed by atoms with van der Waals surface area (Å²) in [5.41, 5.74) is 8.13. The molecule has 0 saturated carbocycles. The summed E-state index contributed by atoms with van der Waals surface area (Å²) in [6.45, 7) is 0.250. The molecule has 1 atom stereocenters. The molecule has 274 valence electrons. The van der Waals surface area contributed by atoms with Crippen molar-refractivity contribution in [2.24, 2.45) is 5.73 Å². The number of carboxylic acids is 1. The first-order valence-electron chi connectivity index (χ1n) is 13.8. The van der Waals surface area contributed by atoms with Gasteiger partial charge in [-0.15, -0.1) is 0 Å². The second-order valence-corrected chi connectivity index (χ2v) is 14.6. The Labute approximate surface area is 287 Å². The minimum Gasteiger partial charge on any atom is -0.744 e. The summed E-state index contributed by atoms with van der Waals surface area (Å²) in [5, 5.41) is 9.17. The molecule has 11 N–H and O–H groups in total. The Bertz CT molecular complexity index is 2040. The van der Waals surface area contributed by atoms with E-state index in [1.54, 1.807) is 16.7 Å². The van der Waals surface area contributed by atoms with Crippen molar-refractivity contribution >= 4 is 36.3 Å². The molecule has 1 unspecified atom stereocenters. The number of unbranched alkanes of at least 4 members (excludes halogenated alkanes) is 1. The molecule has 0 bridgehead atoms. The van der Waals surface area contributed by atoms with Crippen molar-refractivity contribution in [1.29, 1.82) is 0 Å². The molecule has 20 heteroatoms. The topological polar surface area (TPSA) is 337 Å². The van der Waals surface area contributed by atoms with E-state index in [2.05, 4.69) is 0 Å². The molecular weight excluding hydrogens is 725 g/mol. The molecule has 0 saturated heterocycles. The lowest BCUT2D eigenvalue weighted by Crippen LogP contribution is -2.39. The van der Waals surface area contributed by atoms with E-state index in [0.29, 0.717) is 40.9 Å². The van der Waals surface area contributed by atoms with Gasteiger partial charge in [0.1, 0.15) is 28.5 Å². The number of carbonyl (C=O) groups is 1. The van der Waals surface area contributed by atoms with Crippen molar-refractivity contribution in [1.82, 2.24) is 0 Å². The fourth-order valence-corrected chi connectivity index (χ4v) is 6.54. The van der Waals surface area contributed by atoms with E-state index >= 15 is 0 Å². The van der Waals surface area contributed by atoms with Gasteiger partial charge in [-0.05, 0) is 84.6 Å². The number of rotatable bonds is 13. The Hall–Kier alpha value is -4.35. The third-order valence-corrected chi connectivity index (χ3v) is 9.89. The number of carboxylic acid groups (broad SMARTS) is 1. The van der Waals surface area contributed by atoms with Crippen LogP contribution in [0.25, 0.3) is 33.6 Å². The third kappa shape index (κ3) is 10.3. The quantitative estimate of drug-likeness (QED) is 0.0820. The molecule has 4 rings (SSSR count). The van der Waals surface area contributed by atoms with Gasteiger partial charge < -0.3 is 36.6 Å². The highest BCUT2D eigenvalue weighted by Gasteiger charge is 2.25. The number of hydrogen-bond donors (Lipinski definition) is 4. The van der Waals surface area contributed by atoms with Gasteiger partial charge in [0.25, 0.3) is 20.2 Å². The van der Waals surface area contributed by atoms with Gasteiger partial charge in [0.2, 0.25) is 11.4 Å². The first-order chi connectivity index (χ1) is 21.9. The highest BCUT2D eigenvalue weighted by Crippen LogP contribution is 2.34. The van der Waals surface area contributed by atoms with Crippen LogP contribution in [0.3, 0.4) is 0 Å². The van der Waals surface area contributed by atoms with Crippen molar-refractivity contribution in [3.05, 3.63) is 78.9 Å². The molecule has 0 aliphatic carbocycles. The fraction of sp³-hybridized carbons (Fsp3) is 0.200. The summed E-state index contributed by atoms with van der Waals surface area (Å²) in [7, 11) is -12.8. The van der Waals surface area contributed by atoms with Crippen LogP contribution in [0.1, 0.15) is 19.3 Å². The molecule has 0 fully saturated rings. The minimum atomic E-state index is -4.97. The average molecular weight is 761 g/mol. The maximum Gasteiger partial charge on any atom is 0.320 e. The molecule has 1 heterocycles. The molecule has 0 aliphatic rings. The van der Waals surface area contributed by atoms with E-state index in [1.165, 1.54) is 67.8 Å². The van der Waals surface area contributed by atoms with Crippen molar-refractivity contribution in [3.8, 4) is 39.4 Å². The largest absolute Gasteiger partial charge is 0.744 e. The smallest absolute Gasteiger partial charge is 0.320 e. The molecule has 0 radical (unpaired) electrons. The van der Waals surface area contributed by atoms with Gasteiger partial charge in [0.05, 0.1) is 21.8 Å². The van der Waals surface area contributed by atoms with Crippen molar-refractivity contribution in [2.75, 3.05) is 7.11 Å². The van der Waals surface area contributed by atoms with E-state index in [-0.39, 0.29) is 50.5 Å². The van der Waals surface area contributed by atoms with E-state index in [9.17, 15) is 43.7 Å². The number of nitrogens with zero attached hydrogens (tertiary/aromatic N) is 1. The highest BCUT2D eigenvalue weighted by molar-refractivity contribution is 7.86. The molecular formula is C30H36N2O15S3. The van der Waals surface area contributed by atoms with Crippen LogP contribution < -0.4 is 15.0 Å². The molecule has 0 spiro atoms. The highest BCUT2D eigenvalue weighted by atomic mass is 32.2. The summed E-state index contributed by atoms with van der Waals surface area (Å²) in [4.78, 5) is 9.88. The van der Waals surface area contributed by atoms with Gasteiger partial charge in [0.15, 0.2) is 0 Å². The number of nitrogens with two attached hydrogens (primary N) is 1. The number of hydrogen-bond acceptors (Lipinski definition) is 10. The molecule has 50 heavy (non-hydrogen) atoms. The molecule has 3 aromatic carbocycles. The van der Waals surface area contributed by atoms with E-state index in [0.717, 1.165) is 6.07 Å². The summed E-state index contributed by atoms with van der Waals surface area (Å²) in [6.07, 6.45) is 0.981. The second-order valence-electron chi connectivity index (χ2n) is 10.4. The van der Waals surface area contributed by atoms with Crippen LogP contribution in [0.2, 0.25) is 0 Å². The van der Waals surface area contributed by atoms with Gasteiger partial charge in [-0.1, -0.05) is 6.07 Å². The Morgan fingerprint density at radius 2 is 1.18 bits per heavy atom. The van der Waals surface area contributed by atoms with Crippen LogP contribution in [0, 0.1) is 0 Å². The number of ether oxygens (including phenoxy) is 1. The van der Waals surface area contributed by atoms with Gasteiger partial charge >= 0.3 is 5.97 Å². The van der Waals surface area contributed by atoms with Gasteiger partial charge in [-0.2, -0.15) is 21.4 Å². The molecule has 0 amide bonds. The number of aromatic nitrogens is 1. The normalized spacial score (nSPS) is 12.1. The number of pyridine rings is 1. The predicted octanol–water partition coefficient (Wildman–Crippen LogP) is 0.489. The van der Waals surface area contributed by atoms with Gasteiger partial charge in [-0.25, -0.2) is 8.42 Å². The van der Waals surface area contributed by atoms with Crippen LogP contribution in [-0.2, 0) is 41.7 Å². The monoisotopic (exact) mass is 760 g/mol. The Balaban J connectivity index is 0.00000417. The van der Waals surface area contributed by atoms with Gasteiger partial charge in [-0.3, -0.25) is 13.9 Å². The zero-order valence-electron chi connectivity index (χ0n) is 26.2. The summed E-state index contributed by atoms with van der Waals surface area (Å²) < 4.78 is 109. The maximum absolute atomic E-state index is 12.1. The van der Waals surface area contributed by atoms with Crippen LogP contribution in [0.4, 0.5) is 0 Å². The Morgan fingerprint density at radius 1 is 0.740 bits per heavy atom. The number of methoxy groups -OCH3 is 1. The molecule has 1 aromatic heterocycles. The minimum absolute atomic E-state index is 0. The summed E-state index contributed by atoms with van der Waals surface area (Å²) in [6, 6.07) is 16.7. The number of benzene rings is 3. The lowest BCUT2D eigenvalue weighted by Gasteiger charge is -2.16. The van der Waals surface area contributed by atoms with Crippen LogP contribution >= 0.6 is 0 Å². The first-order valence-corrected chi connectivity index (χ1v) is 18.1. The summed E-state index contributed by atoms with van der Waals surface area (Å²) in [5.74, 6) is -1.32. The molecule has 17 nitrogen and oxygen atoms in total. The average Bonchev–Trinajstić information content (AvgIpc) is 3.01. The lowest BCUT2D eigenvalue weighted by atomic mass is 9.98. The van der Waals surface area contributed by atoms with Crippen LogP contribution in [0.15, 0.2) is 93.5 Å². The fourth-order valence-electron chi connectivity index (χ4n) is 4.91. The second kappa shape index (κ2) is 17.0. The zero-order valence-corrected chi connectivity index (χ0v) is 28.6. The predicted molar refractivity (Wildman–Crippen MR) is 177 cm³/mol. The van der Waals surface area contributed by atoms with E-state index in [4.69, 9.17) is 15.6 Å². The maximum atomic E-state index is 12.1. The van der Waals surface area contributed by atoms with Crippen molar-refractivity contribution in [3.63, 3.8) is 0 Å². The number of aliphatic carboxylic acids is 1. The van der Waals surface area contributed by atoms with Crippen LogP contribution in [-0.4, -0.2) is 79.6 Å². The molecule has 0 aliphatic heterocycles. The summed E-state index contributed by atoms with van der Waals surface area (Å²) >= 11 is 0. The third-order valence-electron chi connectivity index (χ3n) is 7.29. The molecule has 4 aromatic rings. The Morgan fingerprint density at radius 3 is 1.56 bits per heavy atom. The van der Waals surface area contributed by atoms with Crippen LogP contribution in [0.5, 0.6) is 5.75 Å².